The maximum Gasteiger partial charge on any atom is 0.450 e. The van der Waals surface area contributed by atoms with Gasteiger partial charge in [-0.05, 0) is 12.8 Å². The molecule has 1 aliphatic carbocycles. The van der Waals surface area contributed by atoms with Gasteiger partial charge in [0.15, 0.2) is 5.82 Å². The molecule has 1 fully saturated rings. The summed E-state index contributed by atoms with van der Waals surface area (Å²) >= 11 is 0.984. The zero-order valence-corrected chi connectivity index (χ0v) is 11.9. The largest absolute Gasteiger partial charge is 0.450 e. The van der Waals surface area contributed by atoms with Crippen LogP contribution in [0.4, 0.5) is 13.2 Å². The molecular formula is C12H13F3N4OS. The number of carbonyl (C=O) groups excluding carboxylic acids is 1. The number of hydrogen-bond donors (Lipinski definition) is 0. The Labute approximate surface area is 122 Å². The van der Waals surface area contributed by atoms with Gasteiger partial charge in [-0.25, -0.2) is 0 Å². The lowest BCUT2D eigenvalue weighted by Gasteiger charge is -2.18. The fraction of sp³-hybridized carbons (Fsp3) is 0.667. The summed E-state index contributed by atoms with van der Waals surface area (Å²) in [7, 11) is 0. The van der Waals surface area contributed by atoms with Crippen LogP contribution in [0.25, 0.3) is 4.96 Å². The van der Waals surface area contributed by atoms with Gasteiger partial charge in [-0.2, -0.15) is 22.8 Å². The van der Waals surface area contributed by atoms with Gasteiger partial charge in [0.05, 0.1) is 6.42 Å². The molecule has 0 amide bonds. The molecule has 5 nitrogen and oxygen atoms in total. The fourth-order valence-corrected chi connectivity index (χ4v) is 3.44. The van der Waals surface area contributed by atoms with Crippen LogP contribution in [0.5, 0.6) is 0 Å². The van der Waals surface area contributed by atoms with Crippen molar-refractivity contribution in [3.8, 4) is 0 Å². The third-order valence-corrected chi connectivity index (χ3v) is 4.55. The van der Waals surface area contributed by atoms with Crippen molar-refractivity contribution in [2.24, 2.45) is 0 Å². The number of rotatable bonds is 3. The maximum absolute atomic E-state index is 12.3. The molecule has 9 heteroatoms. The molecule has 0 bridgehead atoms. The number of carbonyl (C=O) groups is 1. The first-order valence-corrected chi connectivity index (χ1v) is 7.58. The van der Waals surface area contributed by atoms with Gasteiger partial charge in [0.2, 0.25) is 10.7 Å². The maximum atomic E-state index is 12.3. The number of fused-ring (bicyclic) bond motifs is 1. The van der Waals surface area contributed by atoms with E-state index in [1.54, 1.807) is 0 Å². The van der Waals surface area contributed by atoms with Gasteiger partial charge in [0.25, 0.3) is 0 Å². The zero-order valence-electron chi connectivity index (χ0n) is 11.1. The topological polar surface area (TPSA) is 60.2 Å². The molecule has 0 aliphatic heterocycles. The van der Waals surface area contributed by atoms with Crippen molar-refractivity contribution >= 4 is 22.1 Å². The molecule has 0 atom stereocenters. The summed E-state index contributed by atoms with van der Waals surface area (Å²) in [5, 5.41) is 12.3. The number of ketones is 1. The van der Waals surface area contributed by atoms with Gasteiger partial charge in [-0.1, -0.05) is 30.6 Å². The van der Waals surface area contributed by atoms with Crippen molar-refractivity contribution in [3.63, 3.8) is 0 Å². The van der Waals surface area contributed by atoms with Gasteiger partial charge >= 0.3 is 6.18 Å². The number of aromatic nitrogens is 4. The zero-order chi connectivity index (χ0) is 15.0. The quantitative estimate of drug-likeness (QED) is 0.873. The molecule has 0 aromatic carbocycles. The summed E-state index contributed by atoms with van der Waals surface area (Å²) in [6.45, 7) is 0. The predicted octanol–water partition coefficient (Wildman–Crippen LogP) is 2.91. The van der Waals surface area contributed by atoms with Crippen LogP contribution in [0.3, 0.4) is 0 Å². The minimum absolute atomic E-state index is 0.124. The average Bonchev–Trinajstić information content (AvgIpc) is 2.98. The third kappa shape index (κ3) is 2.92. The number of nitrogens with zero attached hydrogens (tertiary/aromatic N) is 4. The lowest BCUT2D eigenvalue weighted by atomic mass is 9.89. The molecule has 3 rings (SSSR count). The van der Waals surface area contributed by atoms with Gasteiger partial charge in [0.1, 0.15) is 5.01 Å². The smallest absolute Gasteiger partial charge is 0.289 e. The Morgan fingerprint density at radius 2 is 1.95 bits per heavy atom. The van der Waals surface area contributed by atoms with Crippen LogP contribution in [0.15, 0.2) is 0 Å². The molecule has 1 aliphatic rings. The molecule has 0 spiro atoms. The van der Waals surface area contributed by atoms with E-state index >= 15 is 0 Å². The fourth-order valence-electron chi connectivity index (χ4n) is 2.60. The van der Waals surface area contributed by atoms with Crippen LogP contribution in [-0.2, 0) is 11.2 Å². The second-order valence-electron chi connectivity index (χ2n) is 5.18. The second-order valence-corrected chi connectivity index (χ2v) is 6.22. The first kappa shape index (κ1) is 14.4. The van der Waals surface area contributed by atoms with Crippen LogP contribution in [0.2, 0.25) is 0 Å². The standard InChI is InChI=1S/C12H13F3N4OS/c13-12(14,15)8(20)6-9-18-19-10(16-17-11(19)21-9)7-4-2-1-3-5-7/h7H,1-6H2. The molecule has 2 aromatic rings. The first-order valence-electron chi connectivity index (χ1n) is 6.76. The van der Waals surface area contributed by atoms with Gasteiger partial charge in [0, 0.05) is 5.92 Å². The molecule has 114 valence electrons. The average molecular weight is 318 g/mol. The van der Waals surface area contributed by atoms with E-state index in [-0.39, 0.29) is 10.9 Å². The second kappa shape index (κ2) is 5.36. The van der Waals surface area contributed by atoms with Crippen molar-refractivity contribution in [2.75, 3.05) is 0 Å². The van der Waals surface area contributed by atoms with Crippen molar-refractivity contribution in [1.29, 1.82) is 0 Å². The van der Waals surface area contributed by atoms with Crippen LogP contribution in [0.1, 0.15) is 48.9 Å². The van der Waals surface area contributed by atoms with Crippen molar-refractivity contribution in [2.45, 2.75) is 50.6 Å². The summed E-state index contributed by atoms with van der Waals surface area (Å²) in [5.74, 6) is -0.833. The summed E-state index contributed by atoms with van der Waals surface area (Å²) in [6.07, 6.45) is -0.142. The van der Waals surface area contributed by atoms with Gasteiger partial charge in [-0.3, -0.25) is 4.79 Å². The number of halogens is 3. The molecule has 0 radical (unpaired) electrons. The van der Waals surface area contributed by atoms with Crippen molar-refractivity contribution < 1.29 is 18.0 Å². The highest BCUT2D eigenvalue weighted by Crippen LogP contribution is 2.32. The molecule has 0 unspecified atom stereocenters. The summed E-state index contributed by atoms with van der Waals surface area (Å²) in [5.41, 5.74) is 0. The monoisotopic (exact) mass is 318 g/mol. The Balaban J connectivity index is 1.84. The Morgan fingerprint density at radius 1 is 1.24 bits per heavy atom. The number of alkyl halides is 3. The normalized spacial score (nSPS) is 17.5. The van der Waals surface area contributed by atoms with Gasteiger partial charge < -0.3 is 0 Å². The summed E-state index contributed by atoms with van der Waals surface area (Å²) < 4.78 is 38.3. The highest BCUT2D eigenvalue weighted by molar-refractivity contribution is 7.16. The van der Waals surface area contributed by atoms with E-state index in [2.05, 4.69) is 15.3 Å². The van der Waals surface area contributed by atoms with Crippen molar-refractivity contribution in [1.82, 2.24) is 19.8 Å². The van der Waals surface area contributed by atoms with Crippen LogP contribution >= 0.6 is 11.3 Å². The molecule has 1 saturated carbocycles. The predicted molar refractivity (Wildman–Crippen MR) is 69.3 cm³/mol. The highest BCUT2D eigenvalue weighted by atomic mass is 32.1. The van der Waals surface area contributed by atoms with E-state index in [0.29, 0.717) is 10.8 Å². The molecule has 0 N–H and O–H groups in total. The van der Waals surface area contributed by atoms with Crippen LogP contribution in [0, 0.1) is 0 Å². The van der Waals surface area contributed by atoms with E-state index in [1.807, 2.05) is 0 Å². The van der Waals surface area contributed by atoms with Crippen LogP contribution in [-0.4, -0.2) is 31.8 Å². The Hall–Kier alpha value is -1.51. The van der Waals surface area contributed by atoms with E-state index in [0.717, 1.165) is 37.0 Å². The Kier molecular flexibility index (Phi) is 3.68. The molecule has 2 aromatic heterocycles. The first-order chi connectivity index (χ1) is 9.95. The number of hydrogen-bond acceptors (Lipinski definition) is 5. The Morgan fingerprint density at radius 3 is 2.62 bits per heavy atom. The SMILES string of the molecule is O=C(Cc1nn2c(C3CCCCC3)nnc2s1)C(F)(F)F. The van der Waals surface area contributed by atoms with E-state index < -0.39 is 18.4 Å². The van der Waals surface area contributed by atoms with E-state index in [1.165, 1.54) is 10.9 Å². The molecule has 0 saturated heterocycles. The minimum atomic E-state index is -4.82. The van der Waals surface area contributed by atoms with Gasteiger partial charge in [-0.15, -0.1) is 10.2 Å². The number of Topliss-reactive ketones (excluding diaryl/α,β-unsaturated/α-hetero) is 1. The highest BCUT2D eigenvalue weighted by Gasteiger charge is 2.38. The lowest BCUT2D eigenvalue weighted by molar-refractivity contribution is -0.170. The lowest BCUT2D eigenvalue weighted by Crippen LogP contribution is -2.24. The molecular weight excluding hydrogens is 305 g/mol. The molecule has 2 heterocycles. The minimum Gasteiger partial charge on any atom is -0.289 e. The Bertz CT molecular complexity index is 657. The van der Waals surface area contributed by atoms with E-state index in [4.69, 9.17) is 0 Å². The van der Waals surface area contributed by atoms with Crippen LogP contribution < -0.4 is 0 Å². The summed E-state index contributed by atoms with van der Waals surface area (Å²) in [6, 6.07) is 0. The summed E-state index contributed by atoms with van der Waals surface area (Å²) in [4.78, 5) is 11.5. The molecule has 21 heavy (non-hydrogen) atoms. The van der Waals surface area contributed by atoms with E-state index in [9.17, 15) is 18.0 Å². The third-order valence-electron chi connectivity index (χ3n) is 3.66. The van der Waals surface area contributed by atoms with Crippen molar-refractivity contribution in [3.05, 3.63) is 10.8 Å².